The fourth-order valence-electron chi connectivity index (χ4n) is 4.25. The predicted octanol–water partition coefficient (Wildman–Crippen LogP) is 4.13. The summed E-state index contributed by atoms with van der Waals surface area (Å²) < 4.78 is 35.9. The fraction of sp³-hybridized carbons (Fsp3) is 0.226. The third-order valence-electron chi connectivity index (χ3n) is 6.30. The second kappa shape index (κ2) is 14.5. The molecule has 3 aromatic rings. The summed E-state index contributed by atoms with van der Waals surface area (Å²) in [5.74, 6) is -0.460. The number of esters is 1. The molecular weight excluding hydrogens is 559 g/mol. The van der Waals surface area contributed by atoms with Gasteiger partial charge in [-0.25, -0.2) is 19.4 Å². The van der Waals surface area contributed by atoms with Crippen molar-refractivity contribution in [2.24, 2.45) is 5.10 Å². The van der Waals surface area contributed by atoms with E-state index in [1.165, 1.54) is 19.4 Å². The van der Waals surface area contributed by atoms with E-state index in [-0.39, 0.29) is 42.7 Å². The zero-order chi connectivity index (χ0) is 30.8. The molecule has 0 fully saturated rings. The number of amides is 3. The summed E-state index contributed by atoms with van der Waals surface area (Å²) in [4.78, 5) is 37.2. The van der Waals surface area contributed by atoms with Gasteiger partial charge < -0.3 is 29.6 Å². The Morgan fingerprint density at radius 2 is 1.79 bits per heavy atom. The summed E-state index contributed by atoms with van der Waals surface area (Å²) in [7, 11) is 1.43. The monoisotopic (exact) mass is 590 g/mol. The minimum atomic E-state index is -0.785. The van der Waals surface area contributed by atoms with Crippen molar-refractivity contribution in [2.75, 3.05) is 20.3 Å². The number of hydrazone groups is 1. The van der Waals surface area contributed by atoms with E-state index in [9.17, 15) is 18.8 Å². The Labute approximate surface area is 247 Å². The molecule has 4 rings (SSSR count). The Kier molecular flexibility index (Phi) is 10.3. The van der Waals surface area contributed by atoms with Crippen molar-refractivity contribution in [3.63, 3.8) is 0 Å². The lowest BCUT2D eigenvalue weighted by molar-refractivity contribution is -0.139. The molecule has 0 saturated carbocycles. The number of rotatable bonds is 12. The minimum Gasteiger partial charge on any atom is -0.493 e. The second-order valence-electron chi connectivity index (χ2n) is 9.20. The second-order valence-corrected chi connectivity index (χ2v) is 9.20. The van der Waals surface area contributed by atoms with Gasteiger partial charge in [0.15, 0.2) is 18.1 Å². The zero-order valence-corrected chi connectivity index (χ0v) is 23.8. The van der Waals surface area contributed by atoms with Crippen LogP contribution in [-0.4, -0.2) is 44.4 Å². The molecular formula is C31H31FN4O7. The Morgan fingerprint density at radius 3 is 2.56 bits per heavy atom. The summed E-state index contributed by atoms with van der Waals surface area (Å²) >= 11 is 0. The maximum atomic E-state index is 13.9. The number of methoxy groups -OCH3 is 1. The number of hydrogen-bond acceptors (Lipinski definition) is 8. The maximum Gasteiger partial charge on any atom is 0.338 e. The van der Waals surface area contributed by atoms with Crippen molar-refractivity contribution in [3.8, 4) is 17.2 Å². The van der Waals surface area contributed by atoms with Gasteiger partial charge in [0.05, 0.1) is 31.5 Å². The van der Waals surface area contributed by atoms with Crippen molar-refractivity contribution < 1.29 is 37.7 Å². The third kappa shape index (κ3) is 7.88. The summed E-state index contributed by atoms with van der Waals surface area (Å²) in [6.07, 6.45) is 1.41. The van der Waals surface area contributed by atoms with Crippen LogP contribution in [0.1, 0.15) is 36.6 Å². The van der Waals surface area contributed by atoms with Gasteiger partial charge in [-0.2, -0.15) is 5.10 Å². The number of benzene rings is 3. The van der Waals surface area contributed by atoms with Crippen LogP contribution in [0, 0.1) is 5.82 Å². The molecule has 0 aliphatic carbocycles. The smallest absolute Gasteiger partial charge is 0.338 e. The van der Waals surface area contributed by atoms with E-state index in [2.05, 4.69) is 21.2 Å². The number of halogens is 1. The maximum absolute atomic E-state index is 13.9. The van der Waals surface area contributed by atoms with Crippen molar-refractivity contribution in [1.82, 2.24) is 16.1 Å². The standard InChI is InChI=1S/C31H31FN4O7/c1-4-41-30(38)28-19(2)34-31(39)35-29(28)20-13-14-25(26(15-20)40-3)43-18-27(37)36-33-16-21-9-6-8-12-24(21)42-17-22-10-5-7-11-23(22)32/h5-16,29H,4,17-18H2,1-3H3,(H,36,37)(H2,34,35,39)/b33-16-/t29-/m0/s1. The molecule has 11 nitrogen and oxygen atoms in total. The average molecular weight is 591 g/mol. The number of hydrogen-bond donors (Lipinski definition) is 3. The molecule has 43 heavy (non-hydrogen) atoms. The highest BCUT2D eigenvalue weighted by Gasteiger charge is 2.32. The van der Waals surface area contributed by atoms with E-state index in [4.69, 9.17) is 18.9 Å². The molecule has 12 heteroatoms. The lowest BCUT2D eigenvalue weighted by atomic mass is 9.95. The Bertz CT molecular complexity index is 1560. The molecule has 3 aromatic carbocycles. The van der Waals surface area contributed by atoms with Crippen LogP contribution < -0.4 is 30.3 Å². The topological polar surface area (TPSA) is 137 Å². The molecule has 0 unspecified atom stereocenters. The van der Waals surface area contributed by atoms with Gasteiger partial charge in [-0.1, -0.05) is 36.4 Å². The summed E-state index contributed by atoms with van der Waals surface area (Å²) in [6, 6.07) is 16.9. The Morgan fingerprint density at radius 1 is 1.02 bits per heavy atom. The Hall–Kier alpha value is -5.39. The lowest BCUT2D eigenvalue weighted by Crippen LogP contribution is -2.45. The van der Waals surface area contributed by atoms with Gasteiger partial charge in [0.2, 0.25) is 0 Å². The van der Waals surface area contributed by atoms with Crippen LogP contribution in [0.5, 0.6) is 17.2 Å². The quantitative estimate of drug-likeness (QED) is 0.164. The molecule has 3 N–H and O–H groups in total. The van der Waals surface area contributed by atoms with Gasteiger partial charge in [-0.15, -0.1) is 0 Å². The van der Waals surface area contributed by atoms with E-state index in [0.717, 1.165) is 0 Å². The van der Waals surface area contributed by atoms with E-state index in [0.29, 0.717) is 28.1 Å². The number of para-hydroxylation sites is 1. The molecule has 1 aliphatic rings. The highest BCUT2D eigenvalue weighted by molar-refractivity contribution is 5.95. The van der Waals surface area contributed by atoms with E-state index in [1.54, 1.807) is 74.5 Å². The highest BCUT2D eigenvalue weighted by atomic mass is 19.1. The van der Waals surface area contributed by atoms with Crippen LogP contribution in [0.2, 0.25) is 0 Å². The molecule has 224 valence electrons. The minimum absolute atomic E-state index is 0.0301. The highest BCUT2D eigenvalue weighted by Crippen LogP contribution is 2.34. The van der Waals surface area contributed by atoms with Crippen LogP contribution in [-0.2, 0) is 20.9 Å². The molecule has 1 atom stereocenters. The van der Waals surface area contributed by atoms with Crippen molar-refractivity contribution in [2.45, 2.75) is 26.5 Å². The van der Waals surface area contributed by atoms with Crippen molar-refractivity contribution in [3.05, 3.63) is 101 Å². The number of ether oxygens (including phenoxy) is 4. The molecule has 0 spiro atoms. The number of carbonyl (C=O) groups excluding carboxylic acids is 3. The first-order valence-electron chi connectivity index (χ1n) is 13.3. The van der Waals surface area contributed by atoms with E-state index < -0.39 is 23.9 Å². The average Bonchev–Trinajstić information content (AvgIpc) is 2.99. The Balaban J connectivity index is 1.37. The van der Waals surface area contributed by atoms with Crippen LogP contribution in [0.15, 0.2) is 83.1 Å². The molecule has 0 aromatic heterocycles. The van der Waals surface area contributed by atoms with Crippen LogP contribution in [0.4, 0.5) is 9.18 Å². The summed E-state index contributed by atoms with van der Waals surface area (Å²) in [6.45, 7) is 3.13. The molecule has 0 saturated heterocycles. The summed E-state index contributed by atoms with van der Waals surface area (Å²) in [5, 5.41) is 9.28. The molecule has 1 heterocycles. The number of nitrogens with one attached hydrogen (secondary N) is 3. The van der Waals surface area contributed by atoms with E-state index >= 15 is 0 Å². The first-order chi connectivity index (χ1) is 20.8. The lowest BCUT2D eigenvalue weighted by Gasteiger charge is -2.28. The number of allylic oxidation sites excluding steroid dienone is 1. The van der Waals surface area contributed by atoms with Gasteiger partial charge >= 0.3 is 12.0 Å². The fourth-order valence-corrected chi connectivity index (χ4v) is 4.25. The van der Waals surface area contributed by atoms with Crippen LogP contribution in [0.3, 0.4) is 0 Å². The SMILES string of the molecule is CCOC(=O)C1=C(C)NC(=O)N[C@H]1c1ccc(OCC(=O)N/N=C\c2ccccc2OCc2ccccc2F)c(OC)c1. The first kappa shape index (κ1) is 30.6. The number of carbonyl (C=O) groups is 3. The van der Waals surface area contributed by atoms with Crippen molar-refractivity contribution in [1.29, 1.82) is 0 Å². The molecule has 1 aliphatic heterocycles. The zero-order valence-electron chi connectivity index (χ0n) is 23.8. The van der Waals surface area contributed by atoms with E-state index in [1.807, 2.05) is 0 Å². The van der Waals surface area contributed by atoms with Gasteiger partial charge in [0, 0.05) is 16.8 Å². The van der Waals surface area contributed by atoms with Gasteiger partial charge in [0.1, 0.15) is 18.2 Å². The van der Waals surface area contributed by atoms with Crippen LogP contribution in [0.25, 0.3) is 0 Å². The van der Waals surface area contributed by atoms with Crippen LogP contribution >= 0.6 is 0 Å². The molecule has 0 bridgehead atoms. The largest absolute Gasteiger partial charge is 0.493 e. The normalized spacial score (nSPS) is 14.5. The number of nitrogens with zero attached hydrogens (tertiary/aromatic N) is 1. The first-order valence-corrected chi connectivity index (χ1v) is 13.3. The third-order valence-corrected chi connectivity index (χ3v) is 6.30. The number of urea groups is 1. The predicted molar refractivity (Wildman–Crippen MR) is 155 cm³/mol. The summed E-state index contributed by atoms with van der Waals surface area (Å²) in [5.41, 5.74) is 4.56. The molecule has 3 amide bonds. The van der Waals surface area contributed by atoms with Crippen molar-refractivity contribution >= 4 is 24.1 Å². The van der Waals surface area contributed by atoms with Gasteiger partial charge in [-0.05, 0) is 49.7 Å². The molecule has 0 radical (unpaired) electrons. The van der Waals surface area contributed by atoms with Gasteiger partial charge in [0.25, 0.3) is 5.91 Å². The van der Waals surface area contributed by atoms with Gasteiger partial charge in [-0.3, -0.25) is 4.79 Å².